The van der Waals surface area contributed by atoms with Crippen LogP contribution < -0.4 is 10.2 Å². The molecule has 1 amide bonds. The number of hydrogen-bond acceptors (Lipinski definition) is 3. The first-order chi connectivity index (χ1) is 11.8. The molecule has 0 saturated carbocycles. The lowest BCUT2D eigenvalue weighted by Crippen LogP contribution is -2.19. The van der Waals surface area contributed by atoms with Gasteiger partial charge in [0.1, 0.15) is 5.75 Å². The van der Waals surface area contributed by atoms with Crippen molar-refractivity contribution in [1.82, 2.24) is 5.43 Å². The predicted molar refractivity (Wildman–Crippen MR) is 79.3 cm³/mol. The highest BCUT2D eigenvalue weighted by molar-refractivity contribution is 6.31. The molecule has 0 saturated heterocycles. The van der Waals surface area contributed by atoms with Crippen LogP contribution in [-0.4, -0.2) is 19.2 Å². The molecule has 0 aromatic heterocycles. The predicted octanol–water partition coefficient (Wildman–Crippen LogP) is 3.81. The maximum Gasteiger partial charge on any atom is 0.275 e. The van der Waals surface area contributed by atoms with Crippen LogP contribution in [0.15, 0.2) is 23.3 Å². The Bertz CT molecular complexity index is 844. The number of carbonyl (C=O) groups is 1. The maximum absolute atomic E-state index is 13.5. The molecule has 0 unspecified atom stereocenters. The second-order valence-electron chi connectivity index (χ2n) is 4.53. The number of halogens is 6. The number of nitrogens with zero attached hydrogens (tertiary/aromatic N) is 1. The van der Waals surface area contributed by atoms with Crippen LogP contribution in [0.4, 0.5) is 22.0 Å². The molecule has 0 atom stereocenters. The summed E-state index contributed by atoms with van der Waals surface area (Å²) in [6.07, 6.45) is 0.297. The average molecular weight is 379 g/mol. The van der Waals surface area contributed by atoms with Gasteiger partial charge < -0.3 is 4.74 Å². The summed E-state index contributed by atoms with van der Waals surface area (Å²) < 4.78 is 70.9. The maximum atomic E-state index is 13.5. The summed E-state index contributed by atoms with van der Waals surface area (Å²) in [6.45, 7) is 0. The molecule has 0 spiro atoms. The monoisotopic (exact) mass is 378 g/mol. The smallest absolute Gasteiger partial charge is 0.275 e. The Morgan fingerprint density at radius 2 is 1.64 bits per heavy atom. The minimum Gasteiger partial charge on any atom is -0.496 e. The van der Waals surface area contributed by atoms with E-state index in [0.29, 0.717) is 6.21 Å². The normalized spacial score (nSPS) is 11.0. The van der Waals surface area contributed by atoms with E-state index in [4.69, 9.17) is 16.3 Å². The van der Waals surface area contributed by atoms with Crippen molar-refractivity contribution in [3.8, 4) is 5.75 Å². The molecular formula is C15H8ClF5N2O2. The van der Waals surface area contributed by atoms with E-state index in [1.165, 1.54) is 25.3 Å². The van der Waals surface area contributed by atoms with Crippen molar-refractivity contribution in [2.45, 2.75) is 0 Å². The summed E-state index contributed by atoms with van der Waals surface area (Å²) in [7, 11) is 1.29. The van der Waals surface area contributed by atoms with Crippen molar-refractivity contribution in [3.05, 3.63) is 63.4 Å². The molecule has 0 heterocycles. The molecule has 0 aliphatic rings. The van der Waals surface area contributed by atoms with Gasteiger partial charge in [-0.25, -0.2) is 27.4 Å². The van der Waals surface area contributed by atoms with Crippen molar-refractivity contribution in [1.29, 1.82) is 0 Å². The molecule has 2 rings (SSSR count). The van der Waals surface area contributed by atoms with E-state index in [9.17, 15) is 26.7 Å². The van der Waals surface area contributed by atoms with E-state index in [-0.39, 0.29) is 16.3 Å². The Hall–Kier alpha value is -2.68. The number of rotatable bonds is 4. The first-order valence-electron chi connectivity index (χ1n) is 6.46. The van der Waals surface area contributed by atoms with Gasteiger partial charge >= 0.3 is 0 Å². The molecule has 0 aliphatic heterocycles. The van der Waals surface area contributed by atoms with Gasteiger partial charge in [0.05, 0.1) is 24.5 Å². The van der Waals surface area contributed by atoms with Gasteiger partial charge in [0.25, 0.3) is 5.91 Å². The number of hydrazone groups is 1. The molecule has 2 aromatic rings. The van der Waals surface area contributed by atoms with Crippen LogP contribution >= 0.6 is 11.6 Å². The van der Waals surface area contributed by atoms with Crippen LogP contribution in [0.5, 0.6) is 5.75 Å². The zero-order chi connectivity index (χ0) is 18.7. The number of benzene rings is 2. The lowest BCUT2D eigenvalue weighted by Gasteiger charge is -2.07. The summed E-state index contributed by atoms with van der Waals surface area (Å²) in [5.41, 5.74) is 0.529. The third kappa shape index (κ3) is 3.71. The third-order valence-electron chi connectivity index (χ3n) is 3.01. The Kier molecular flexibility index (Phi) is 5.58. The fraction of sp³-hybridized carbons (Fsp3) is 0.0667. The zero-order valence-corrected chi connectivity index (χ0v) is 13.1. The van der Waals surface area contributed by atoms with Gasteiger partial charge in [-0.05, 0) is 18.2 Å². The third-order valence-corrected chi connectivity index (χ3v) is 3.24. The summed E-state index contributed by atoms with van der Waals surface area (Å²) in [4.78, 5) is 12.0. The van der Waals surface area contributed by atoms with Crippen LogP contribution in [0.25, 0.3) is 0 Å². The van der Waals surface area contributed by atoms with Crippen molar-refractivity contribution in [2.24, 2.45) is 5.10 Å². The van der Waals surface area contributed by atoms with Gasteiger partial charge in [0, 0.05) is 5.02 Å². The van der Waals surface area contributed by atoms with Crippen LogP contribution in [-0.2, 0) is 0 Å². The van der Waals surface area contributed by atoms with Crippen LogP contribution in [0.2, 0.25) is 5.02 Å². The van der Waals surface area contributed by atoms with Crippen molar-refractivity contribution in [2.75, 3.05) is 7.11 Å². The summed E-state index contributed by atoms with van der Waals surface area (Å²) >= 11 is 5.75. The largest absolute Gasteiger partial charge is 0.496 e. The van der Waals surface area contributed by atoms with E-state index in [1.807, 2.05) is 5.43 Å². The molecule has 1 N–H and O–H groups in total. The van der Waals surface area contributed by atoms with Gasteiger partial charge in [-0.15, -0.1) is 0 Å². The van der Waals surface area contributed by atoms with Gasteiger partial charge in [0.2, 0.25) is 5.82 Å². The number of methoxy groups -OCH3 is 1. The van der Waals surface area contributed by atoms with Gasteiger partial charge in [-0.2, -0.15) is 5.10 Å². The highest BCUT2D eigenvalue weighted by Gasteiger charge is 2.24. The Morgan fingerprint density at radius 1 is 1.08 bits per heavy atom. The van der Waals surface area contributed by atoms with Crippen molar-refractivity contribution in [3.63, 3.8) is 0 Å². The number of ether oxygens (including phenoxy) is 1. The van der Waals surface area contributed by atoms with E-state index in [1.54, 1.807) is 0 Å². The molecule has 2 aromatic carbocycles. The van der Waals surface area contributed by atoms with E-state index in [0.717, 1.165) is 0 Å². The lowest BCUT2D eigenvalue weighted by molar-refractivity contribution is 0.0952. The SMILES string of the molecule is COc1ccc(Cl)cc1C(=O)N/N=C/c1c(F)c(F)c(F)c(F)c1F. The summed E-state index contributed by atoms with van der Waals surface area (Å²) in [5, 5.41) is 3.40. The molecular weight excluding hydrogens is 371 g/mol. The minimum absolute atomic E-state index is 0.0513. The summed E-state index contributed by atoms with van der Waals surface area (Å²) in [5.74, 6) is -11.4. The number of carbonyl (C=O) groups excluding carboxylic acids is 1. The van der Waals surface area contributed by atoms with Gasteiger partial charge in [-0.1, -0.05) is 11.6 Å². The van der Waals surface area contributed by atoms with Gasteiger partial charge in [-0.3, -0.25) is 4.79 Å². The molecule has 0 aliphatic carbocycles. The van der Waals surface area contributed by atoms with E-state index >= 15 is 0 Å². The highest BCUT2D eigenvalue weighted by atomic mass is 35.5. The minimum atomic E-state index is -2.29. The van der Waals surface area contributed by atoms with Crippen molar-refractivity contribution >= 4 is 23.7 Å². The fourth-order valence-corrected chi connectivity index (χ4v) is 1.98. The average Bonchev–Trinajstić information content (AvgIpc) is 2.61. The Balaban J connectivity index is 2.28. The molecule has 0 radical (unpaired) electrons. The molecule has 132 valence electrons. The fourth-order valence-electron chi connectivity index (χ4n) is 1.81. The highest BCUT2D eigenvalue weighted by Crippen LogP contribution is 2.23. The number of amides is 1. The first-order valence-corrected chi connectivity index (χ1v) is 6.84. The number of hydrogen-bond donors (Lipinski definition) is 1. The van der Waals surface area contributed by atoms with Crippen LogP contribution in [0.1, 0.15) is 15.9 Å². The molecule has 0 bridgehead atoms. The second-order valence-corrected chi connectivity index (χ2v) is 4.96. The van der Waals surface area contributed by atoms with Crippen LogP contribution in [0.3, 0.4) is 0 Å². The standard InChI is InChI=1S/C15H8ClF5N2O2/c1-25-9-3-2-6(16)4-7(9)15(24)23-22-5-8-10(17)12(19)14(21)13(20)11(8)18/h2-5H,1H3,(H,23,24)/b22-5+. The van der Waals surface area contributed by atoms with Crippen molar-refractivity contribution < 1.29 is 31.5 Å². The zero-order valence-electron chi connectivity index (χ0n) is 12.3. The Labute approximate surface area is 142 Å². The lowest BCUT2D eigenvalue weighted by atomic mass is 10.2. The quantitative estimate of drug-likeness (QED) is 0.289. The topological polar surface area (TPSA) is 50.7 Å². The first kappa shape index (κ1) is 18.7. The second kappa shape index (κ2) is 7.47. The Morgan fingerprint density at radius 3 is 2.20 bits per heavy atom. The molecule has 10 heteroatoms. The van der Waals surface area contributed by atoms with Crippen LogP contribution in [0, 0.1) is 29.1 Å². The number of nitrogens with one attached hydrogen (secondary N) is 1. The van der Waals surface area contributed by atoms with E-state index < -0.39 is 40.6 Å². The molecule has 25 heavy (non-hydrogen) atoms. The van der Waals surface area contributed by atoms with Gasteiger partial charge in [0.15, 0.2) is 23.3 Å². The molecule has 0 fully saturated rings. The summed E-state index contributed by atoms with van der Waals surface area (Å²) in [6, 6.07) is 4.09. The molecule has 4 nitrogen and oxygen atoms in total. The van der Waals surface area contributed by atoms with E-state index in [2.05, 4.69) is 5.10 Å².